The number of nitrogens with zero attached hydrogens (tertiary/aromatic N) is 2. The fraction of sp³-hybridized carbons (Fsp3) is 0.143. The second kappa shape index (κ2) is 7.89. The zero-order valence-electron chi connectivity index (χ0n) is 15.1. The van der Waals surface area contributed by atoms with E-state index in [-0.39, 0.29) is 27.3 Å². The number of benzene rings is 3. The highest BCUT2D eigenvalue weighted by atomic mass is 35.5. The van der Waals surface area contributed by atoms with E-state index >= 15 is 0 Å². The molecule has 1 aliphatic rings. The summed E-state index contributed by atoms with van der Waals surface area (Å²) in [6.45, 7) is 1.50. The fourth-order valence-corrected chi connectivity index (χ4v) is 3.89. The molecule has 0 saturated heterocycles. The summed E-state index contributed by atoms with van der Waals surface area (Å²) >= 11 is 12.2. The Morgan fingerprint density at radius 3 is 2.34 bits per heavy atom. The SMILES string of the molecule is O=[N+]([O-])c1cc(Cl)c(Oc2ccc3c(c2)CCN(c2ccc(F)cc2)C3)c(Cl)c1. The molecular formula is C21H15Cl2FN2O3. The third kappa shape index (κ3) is 4.13. The van der Waals surface area contributed by atoms with Crippen molar-refractivity contribution in [1.29, 1.82) is 0 Å². The zero-order valence-corrected chi connectivity index (χ0v) is 16.6. The van der Waals surface area contributed by atoms with Crippen LogP contribution in [0.4, 0.5) is 15.8 Å². The maximum atomic E-state index is 13.2. The summed E-state index contributed by atoms with van der Waals surface area (Å²) in [5.41, 5.74) is 3.06. The molecule has 0 fully saturated rings. The number of ether oxygens (including phenoxy) is 1. The Morgan fingerprint density at radius 2 is 1.69 bits per heavy atom. The Hall–Kier alpha value is -2.83. The lowest BCUT2D eigenvalue weighted by molar-refractivity contribution is -0.384. The first kappa shape index (κ1) is 19.5. The summed E-state index contributed by atoms with van der Waals surface area (Å²) in [5.74, 6) is 0.482. The van der Waals surface area contributed by atoms with Gasteiger partial charge in [0.25, 0.3) is 5.69 Å². The summed E-state index contributed by atoms with van der Waals surface area (Å²) in [6.07, 6.45) is 0.797. The van der Waals surface area contributed by atoms with Gasteiger partial charge in [0.05, 0.1) is 15.0 Å². The summed E-state index contributed by atoms with van der Waals surface area (Å²) in [4.78, 5) is 12.5. The molecular weight excluding hydrogens is 418 g/mol. The van der Waals surface area contributed by atoms with E-state index in [4.69, 9.17) is 27.9 Å². The molecule has 0 aromatic heterocycles. The molecule has 0 radical (unpaired) electrons. The summed E-state index contributed by atoms with van der Waals surface area (Å²) in [6, 6.07) is 14.6. The van der Waals surface area contributed by atoms with Crippen molar-refractivity contribution < 1.29 is 14.1 Å². The van der Waals surface area contributed by atoms with Gasteiger partial charge in [-0.25, -0.2) is 4.39 Å². The predicted molar refractivity (Wildman–Crippen MR) is 111 cm³/mol. The molecule has 0 saturated carbocycles. The van der Waals surface area contributed by atoms with E-state index < -0.39 is 4.92 Å². The van der Waals surface area contributed by atoms with Crippen molar-refractivity contribution in [1.82, 2.24) is 0 Å². The van der Waals surface area contributed by atoms with Crippen LogP contribution in [0.2, 0.25) is 10.0 Å². The number of fused-ring (bicyclic) bond motifs is 1. The summed E-state index contributed by atoms with van der Waals surface area (Å²) in [5, 5.41) is 11.1. The van der Waals surface area contributed by atoms with Gasteiger partial charge in [-0.1, -0.05) is 29.3 Å². The lowest BCUT2D eigenvalue weighted by atomic mass is 9.99. The minimum atomic E-state index is -0.562. The minimum absolute atomic E-state index is 0.0735. The van der Waals surface area contributed by atoms with Crippen LogP contribution in [0.5, 0.6) is 11.5 Å². The Balaban J connectivity index is 1.54. The van der Waals surface area contributed by atoms with Crippen LogP contribution in [0, 0.1) is 15.9 Å². The maximum absolute atomic E-state index is 13.2. The van der Waals surface area contributed by atoms with Gasteiger partial charge < -0.3 is 9.64 Å². The molecule has 148 valence electrons. The van der Waals surface area contributed by atoms with Gasteiger partial charge in [0.15, 0.2) is 5.75 Å². The van der Waals surface area contributed by atoms with Crippen LogP contribution >= 0.6 is 23.2 Å². The van der Waals surface area contributed by atoms with E-state index in [1.165, 1.54) is 24.3 Å². The van der Waals surface area contributed by atoms with E-state index in [0.29, 0.717) is 12.3 Å². The van der Waals surface area contributed by atoms with Crippen molar-refractivity contribution in [2.75, 3.05) is 11.4 Å². The highest BCUT2D eigenvalue weighted by Crippen LogP contribution is 2.40. The molecule has 3 aromatic carbocycles. The Kier molecular flexibility index (Phi) is 5.30. The standard InChI is InChI=1S/C21H15Cl2FN2O3/c22-19-10-17(26(27)28)11-20(23)21(19)29-18-6-1-14-12-25(8-7-13(14)9-18)16-4-2-15(24)3-5-16/h1-6,9-11H,7-8,12H2. The number of anilines is 1. The highest BCUT2D eigenvalue weighted by molar-refractivity contribution is 6.37. The lowest BCUT2D eigenvalue weighted by Crippen LogP contribution is -2.30. The molecule has 29 heavy (non-hydrogen) atoms. The molecule has 1 aliphatic heterocycles. The maximum Gasteiger partial charge on any atom is 0.272 e. The third-order valence-electron chi connectivity index (χ3n) is 4.80. The number of rotatable bonds is 4. The van der Waals surface area contributed by atoms with E-state index in [2.05, 4.69) is 4.90 Å². The largest absolute Gasteiger partial charge is 0.454 e. The summed E-state index contributed by atoms with van der Waals surface area (Å²) < 4.78 is 19.0. The molecule has 5 nitrogen and oxygen atoms in total. The van der Waals surface area contributed by atoms with Crippen molar-refractivity contribution in [2.45, 2.75) is 13.0 Å². The molecule has 8 heteroatoms. The number of halogens is 3. The van der Waals surface area contributed by atoms with Crippen LogP contribution in [0.25, 0.3) is 0 Å². The van der Waals surface area contributed by atoms with Crippen LogP contribution in [-0.4, -0.2) is 11.5 Å². The highest BCUT2D eigenvalue weighted by Gasteiger charge is 2.19. The van der Waals surface area contributed by atoms with Crippen LogP contribution in [0.1, 0.15) is 11.1 Å². The first-order valence-electron chi connectivity index (χ1n) is 8.84. The van der Waals surface area contributed by atoms with E-state index in [1.54, 1.807) is 18.2 Å². The molecule has 0 aliphatic carbocycles. The van der Waals surface area contributed by atoms with Crippen LogP contribution < -0.4 is 9.64 Å². The predicted octanol–water partition coefficient (Wildman–Crippen LogP) is 6.40. The molecule has 0 spiro atoms. The van der Waals surface area contributed by atoms with E-state index in [0.717, 1.165) is 29.8 Å². The third-order valence-corrected chi connectivity index (χ3v) is 5.36. The zero-order chi connectivity index (χ0) is 20.5. The molecule has 0 unspecified atom stereocenters. The van der Waals surface area contributed by atoms with Crippen LogP contribution in [-0.2, 0) is 13.0 Å². The van der Waals surface area contributed by atoms with Gasteiger partial charge in [-0.05, 0) is 53.9 Å². The molecule has 1 heterocycles. The molecule has 0 N–H and O–H groups in total. The van der Waals surface area contributed by atoms with Crippen molar-refractivity contribution in [3.8, 4) is 11.5 Å². The van der Waals surface area contributed by atoms with Gasteiger partial charge >= 0.3 is 0 Å². The lowest BCUT2D eigenvalue weighted by Gasteiger charge is -2.31. The molecule has 0 atom stereocenters. The smallest absolute Gasteiger partial charge is 0.272 e. The number of nitro benzene ring substituents is 1. The molecule has 3 aromatic rings. The number of non-ortho nitro benzene ring substituents is 1. The van der Waals surface area contributed by atoms with Crippen molar-refractivity contribution in [3.05, 3.63) is 91.7 Å². The Morgan fingerprint density at radius 1 is 1.00 bits per heavy atom. The van der Waals surface area contributed by atoms with Gasteiger partial charge in [0.1, 0.15) is 11.6 Å². The Bertz CT molecular complexity index is 1070. The van der Waals surface area contributed by atoms with E-state index in [1.807, 2.05) is 12.1 Å². The number of hydrogen-bond acceptors (Lipinski definition) is 4. The monoisotopic (exact) mass is 432 g/mol. The van der Waals surface area contributed by atoms with Crippen molar-refractivity contribution in [2.24, 2.45) is 0 Å². The second-order valence-corrected chi connectivity index (χ2v) is 7.49. The molecule has 4 rings (SSSR count). The van der Waals surface area contributed by atoms with Crippen LogP contribution in [0.3, 0.4) is 0 Å². The summed E-state index contributed by atoms with van der Waals surface area (Å²) in [7, 11) is 0. The van der Waals surface area contributed by atoms with Gasteiger partial charge in [-0.3, -0.25) is 10.1 Å². The van der Waals surface area contributed by atoms with Gasteiger partial charge in [0.2, 0.25) is 0 Å². The van der Waals surface area contributed by atoms with Gasteiger partial charge in [0, 0.05) is 30.9 Å². The van der Waals surface area contributed by atoms with Crippen molar-refractivity contribution in [3.63, 3.8) is 0 Å². The average molecular weight is 433 g/mol. The quantitative estimate of drug-likeness (QED) is 0.353. The van der Waals surface area contributed by atoms with Crippen LogP contribution in [0.15, 0.2) is 54.6 Å². The Labute approximate surface area is 176 Å². The number of hydrogen-bond donors (Lipinski definition) is 0. The first-order chi connectivity index (χ1) is 13.9. The van der Waals surface area contributed by atoms with Gasteiger partial charge in [-0.15, -0.1) is 0 Å². The number of nitro groups is 1. The van der Waals surface area contributed by atoms with Gasteiger partial charge in [-0.2, -0.15) is 0 Å². The molecule has 0 amide bonds. The average Bonchev–Trinajstić information content (AvgIpc) is 2.70. The topological polar surface area (TPSA) is 55.6 Å². The van der Waals surface area contributed by atoms with Crippen molar-refractivity contribution >= 4 is 34.6 Å². The second-order valence-electron chi connectivity index (χ2n) is 6.68. The molecule has 0 bridgehead atoms. The fourth-order valence-electron chi connectivity index (χ4n) is 3.33. The normalized spacial score (nSPS) is 13.1. The minimum Gasteiger partial charge on any atom is -0.454 e. The van der Waals surface area contributed by atoms with E-state index in [9.17, 15) is 14.5 Å². The first-order valence-corrected chi connectivity index (χ1v) is 9.60.